The minimum atomic E-state index is -0.421. The molecule has 0 heterocycles. The van der Waals surface area contributed by atoms with Crippen LogP contribution in [-0.2, 0) is 4.79 Å². The molecule has 2 atom stereocenters. The smallest absolute Gasteiger partial charge is 0.220 e. The standard InChI is InChI=1S/C15H23NO2/c1-4-14(13-8-5-11(2)6-9-13)16-15(18)10-7-12(3)17/h5-6,8-9,12,14,17H,4,7,10H2,1-3H3,(H,16,18). The van der Waals surface area contributed by atoms with Gasteiger partial charge in [0.25, 0.3) is 0 Å². The molecule has 0 aromatic heterocycles. The first-order valence-electron chi connectivity index (χ1n) is 6.57. The summed E-state index contributed by atoms with van der Waals surface area (Å²) >= 11 is 0. The minimum Gasteiger partial charge on any atom is -0.393 e. The van der Waals surface area contributed by atoms with Crippen molar-refractivity contribution in [2.75, 3.05) is 0 Å². The van der Waals surface area contributed by atoms with Crippen LogP contribution in [0.3, 0.4) is 0 Å². The predicted molar refractivity (Wildman–Crippen MR) is 73.3 cm³/mol. The van der Waals surface area contributed by atoms with Gasteiger partial charge in [-0.15, -0.1) is 0 Å². The Labute approximate surface area is 109 Å². The van der Waals surface area contributed by atoms with Gasteiger partial charge in [0.1, 0.15) is 0 Å². The van der Waals surface area contributed by atoms with Crippen molar-refractivity contribution < 1.29 is 9.90 Å². The summed E-state index contributed by atoms with van der Waals surface area (Å²) < 4.78 is 0. The van der Waals surface area contributed by atoms with Crippen LogP contribution in [0.15, 0.2) is 24.3 Å². The Kier molecular flexibility index (Phi) is 5.86. The van der Waals surface area contributed by atoms with Gasteiger partial charge in [-0.1, -0.05) is 36.8 Å². The first-order chi connectivity index (χ1) is 8.52. The van der Waals surface area contributed by atoms with Crippen LogP contribution in [-0.4, -0.2) is 17.1 Å². The molecule has 18 heavy (non-hydrogen) atoms. The second-order valence-corrected chi connectivity index (χ2v) is 4.83. The van der Waals surface area contributed by atoms with Crippen LogP contribution in [0.5, 0.6) is 0 Å². The quantitative estimate of drug-likeness (QED) is 0.814. The number of hydrogen-bond acceptors (Lipinski definition) is 2. The molecule has 0 radical (unpaired) electrons. The number of aliphatic hydroxyl groups is 1. The lowest BCUT2D eigenvalue weighted by molar-refractivity contribution is -0.122. The summed E-state index contributed by atoms with van der Waals surface area (Å²) in [5, 5.41) is 12.2. The van der Waals surface area contributed by atoms with E-state index in [-0.39, 0.29) is 11.9 Å². The molecule has 0 fully saturated rings. The van der Waals surface area contributed by atoms with E-state index in [9.17, 15) is 4.79 Å². The number of carbonyl (C=O) groups excluding carboxylic acids is 1. The molecular formula is C15H23NO2. The zero-order valence-electron chi connectivity index (χ0n) is 11.4. The number of aryl methyl sites for hydroxylation is 1. The average Bonchev–Trinajstić information content (AvgIpc) is 2.34. The molecule has 1 amide bonds. The van der Waals surface area contributed by atoms with E-state index in [1.807, 2.05) is 6.92 Å². The van der Waals surface area contributed by atoms with Crippen LogP contribution in [0.4, 0.5) is 0 Å². The molecule has 2 N–H and O–H groups in total. The fourth-order valence-electron chi connectivity index (χ4n) is 1.83. The van der Waals surface area contributed by atoms with Gasteiger partial charge in [-0.25, -0.2) is 0 Å². The monoisotopic (exact) mass is 249 g/mol. The van der Waals surface area contributed by atoms with Gasteiger partial charge in [0, 0.05) is 6.42 Å². The fourth-order valence-corrected chi connectivity index (χ4v) is 1.83. The van der Waals surface area contributed by atoms with Crippen LogP contribution < -0.4 is 5.32 Å². The number of benzene rings is 1. The van der Waals surface area contributed by atoms with Crippen molar-refractivity contribution in [1.29, 1.82) is 0 Å². The van der Waals surface area contributed by atoms with Gasteiger partial charge in [0.2, 0.25) is 5.91 Å². The number of hydrogen-bond donors (Lipinski definition) is 2. The maximum atomic E-state index is 11.7. The Hall–Kier alpha value is -1.35. The Morgan fingerprint density at radius 3 is 2.44 bits per heavy atom. The van der Waals surface area contributed by atoms with E-state index < -0.39 is 6.10 Å². The van der Waals surface area contributed by atoms with Crippen LogP contribution >= 0.6 is 0 Å². The maximum absolute atomic E-state index is 11.7. The second-order valence-electron chi connectivity index (χ2n) is 4.83. The van der Waals surface area contributed by atoms with Gasteiger partial charge in [-0.3, -0.25) is 4.79 Å². The zero-order valence-corrected chi connectivity index (χ0v) is 11.4. The number of nitrogens with one attached hydrogen (secondary N) is 1. The molecule has 1 aromatic carbocycles. The first-order valence-corrected chi connectivity index (χ1v) is 6.57. The summed E-state index contributed by atoms with van der Waals surface area (Å²) in [6.45, 7) is 5.80. The molecule has 3 nitrogen and oxygen atoms in total. The normalized spacial score (nSPS) is 14.0. The largest absolute Gasteiger partial charge is 0.393 e. The van der Waals surface area contributed by atoms with E-state index in [1.165, 1.54) is 5.56 Å². The summed E-state index contributed by atoms with van der Waals surface area (Å²) in [4.78, 5) is 11.7. The van der Waals surface area contributed by atoms with Crippen molar-refractivity contribution in [1.82, 2.24) is 5.32 Å². The number of rotatable bonds is 6. The molecule has 0 saturated heterocycles. The summed E-state index contributed by atoms with van der Waals surface area (Å²) in [6, 6.07) is 8.28. The molecule has 0 bridgehead atoms. The first kappa shape index (κ1) is 14.7. The lowest BCUT2D eigenvalue weighted by atomic mass is 10.0. The molecule has 0 spiro atoms. The van der Waals surface area contributed by atoms with Crippen LogP contribution in [0.2, 0.25) is 0 Å². The van der Waals surface area contributed by atoms with Crippen LogP contribution in [0.25, 0.3) is 0 Å². The molecule has 100 valence electrons. The summed E-state index contributed by atoms with van der Waals surface area (Å²) in [7, 11) is 0. The lowest BCUT2D eigenvalue weighted by Gasteiger charge is -2.18. The molecular weight excluding hydrogens is 226 g/mol. The van der Waals surface area contributed by atoms with E-state index in [0.29, 0.717) is 12.8 Å². The number of carbonyl (C=O) groups is 1. The van der Waals surface area contributed by atoms with Crippen molar-refractivity contribution in [2.24, 2.45) is 0 Å². The fraction of sp³-hybridized carbons (Fsp3) is 0.533. The van der Waals surface area contributed by atoms with E-state index >= 15 is 0 Å². The highest BCUT2D eigenvalue weighted by molar-refractivity contribution is 5.76. The van der Waals surface area contributed by atoms with E-state index in [2.05, 4.69) is 36.5 Å². The average molecular weight is 249 g/mol. The van der Waals surface area contributed by atoms with Crippen molar-refractivity contribution in [3.63, 3.8) is 0 Å². The van der Waals surface area contributed by atoms with Crippen molar-refractivity contribution in [2.45, 2.75) is 52.2 Å². The van der Waals surface area contributed by atoms with Crippen LogP contribution in [0.1, 0.15) is 50.3 Å². The zero-order chi connectivity index (χ0) is 13.5. The van der Waals surface area contributed by atoms with Gasteiger partial charge in [-0.05, 0) is 32.3 Å². The Bertz CT molecular complexity index is 371. The molecule has 1 rings (SSSR count). The van der Waals surface area contributed by atoms with Crippen molar-refractivity contribution >= 4 is 5.91 Å². The third-order valence-electron chi connectivity index (χ3n) is 3.01. The van der Waals surface area contributed by atoms with E-state index in [1.54, 1.807) is 6.92 Å². The highest BCUT2D eigenvalue weighted by atomic mass is 16.3. The van der Waals surface area contributed by atoms with E-state index in [0.717, 1.165) is 12.0 Å². The Morgan fingerprint density at radius 2 is 1.94 bits per heavy atom. The van der Waals surface area contributed by atoms with Gasteiger partial charge in [0.15, 0.2) is 0 Å². The second kappa shape index (κ2) is 7.17. The van der Waals surface area contributed by atoms with Crippen LogP contribution in [0, 0.1) is 6.92 Å². The van der Waals surface area contributed by atoms with Gasteiger partial charge >= 0.3 is 0 Å². The van der Waals surface area contributed by atoms with Gasteiger partial charge in [0.05, 0.1) is 12.1 Å². The Balaban J connectivity index is 2.56. The van der Waals surface area contributed by atoms with Gasteiger partial charge in [-0.2, -0.15) is 0 Å². The molecule has 0 aliphatic heterocycles. The molecule has 0 saturated carbocycles. The lowest BCUT2D eigenvalue weighted by Crippen LogP contribution is -2.28. The predicted octanol–water partition coefficient (Wildman–Crippen LogP) is 2.72. The van der Waals surface area contributed by atoms with Gasteiger partial charge < -0.3 is 10.4 Å². The molecule has 0 aliphatic rings. The number of aliphatic hydroxyl groups excluding tert-OH is 1. The SMILES string of the molecule is CCC(NC(=O)CCC(C)O)c1ccc(C)cc1. The molecule has 2 unspecified atom stereocenters. The number of amides is 1. The Morgan fingerprint density at radius 1 is 1.33 bits per heavy atom. The van der Waals surface area contributed by atoms with Crippen molar-refractivity contribution in [3.8, 4) is 0 Å². The highest BCUT2D eigenvalue weighted by Gasteiger charge is 2.12. The third kappa shape index (κ3) is 4.88. The third-order valence-corrected chi connectivity index (χ3v) is 3.01. The topological polar surface area (TPSA) is 49.3 Å². The summed E-state index contributed by atoms with van der Waals surface area (Å²) in [5.41, 5.74) is 2.35. The molecule has 0 aliphatic carbocycles. The highest BCUT2D eigenvalue weighted by Crippen LogP contribution is 2.17. The maximum Gasteiger partial charge on any atom is 0.220 e. The molecule has 1 aromatic rings. The summed E-state index contributed by atoms with van der Waals surface area (Å²) in [6.07, 6.45) is 1.33. The summed E-state index contributed by atoms with van der Waals surface area (Å²) in [5.74, 6) is 0.00308. The van der Waals surface area contributed by atoms with Crippen molar-refractivity contribution in [3.05, 3.63) is 35.4 Å². The molecule has 3 heteroatoms. The minimum absolute atomic E-state index is 0.00308. The van der Waals surface area contributed by atoms with E-state index in [4.69, 9.17) is 5.11 Å².